The van der Waals surface area contributed by atoms with E-state index in [-0.39, 0.29) is 36.0 Å². The van der Waals surface area contributed by atoms with E-state index in [0.717, 1.165) is 42.0 Å². The van der Waals surface area contributed by atoms with Crippen LogP contribution >= 0.6 is 11.3 Å². The smallest absolute Gasteiger partial charge is 0.223 e. The number of carbonyl (C=O) groups is 1. The predicted molar refractivity (Wildman–Crippen MR) is 141 cm³/mol. The number of thiazole rings is 1. The number of hydrogen-bond donors (Lipinski definition) is 2. The zero-order valence-electron chi connectivity index (χ0n) is 21.3. The molecule has 1 aromatic rings. The fourth-order valence-electron chi connectivity index (χ4n) is 4.89. The molecule has 6 heteroatoms. The lowest BCUT2D eigenvalue weighted by Gasteiger charge is -2.34. The second-order valence-electron chi connectivity index (χ2n) is 10.7. The number of aliphatic hydroxyl groups excluding tert-OH is 1. The lowest BCUT2D eigenvalue weighted by Crippen LogP contribution is -2.38. The molecule has 0 spiro atoms. The Bertz CT molecular complexity index is 886. The maximum atomic E-state index is 12.8. The molecule has 2 N–H and O–H groups in total. The average molecular weight is 487 g/mol. The van der Waals surface area contributed by atoms with Crippen molar-refractivity contribution in [2.24, 2.45) is 5.41 Å². The molecule has 188 valence electrons. The summed E-state index contributed by atoms with van der Waals surface area (Å²) in [5.41, 5.74) is 2.22. The molecule has 3 rings (SSSR count). The van der Waals surface area contributed by atoms with Gasteiger partial charge in [0, 0.05) is 11.8 Å². The van der Waals surface area contributed by atoms with Crippen LogP contribution in [-0.2, 0) is 9.53 Å². The zero-order valence-corrected chi connectivity index (χ0v) is 22.1. The van der Waals surface area contributed by atoms with Crippen LogP contribution in [0.1, 0.15) is 89.3 Å². The van der Waals surface area contributed by atoms with Gasteiger partial charge in [-0.3, -0.25) is 4.79 Å². The van der Waals surface area contributed by atoms with Crippen LogP contribution in [0.15, 0.2) is 35.3 Å². The zero-order chi connectivity index (χ0) is 24.6. The van der Waals surface area contributed by atoms with Gasteiger partial charge in [-0.1, -0.05) is 44.6 Å². The van der Waals surface area contributed by atoms with Gasteiger partial charge in [0.25, 0.3) is 0 Å². The standard InChI is InChI=1S/C28H42N2O3S/c1-20(15-22-19-34-21(2)29-22)26-13-8-6-5-7-9-14-28(3,4)18-25-12-10-11-24(33-25)16-23(31)17-27(32)30-26/h6,8,10-11,15,19,23-26,31H,5,7,9,12-14,16-18H2,1-4H3,(H,30,32)/b8-6+,20-15+/t23-,24+,25+,26+/m1/s1. The molecular formula is C28H42N2O3S. The molecule has 0 unspecified atom stereocenters. The second-order valence-corrected chi connectivity index (χ2v) is 11.7. The van der Waals surface area contributed by atoms with Crippen LogP contribution in [0.4, 0.5) is 0 Å². The molecule has 2 bridgehead atoms. The van der Waals surface area contributed by atoms with Crippen molar-refractivity contribution in [2.45, 2.75) is 110 Å². The first-order valence-corrected chi connectivity index (χ1v) is 13.6. The van der Waals surface area contributed by atoms with E-state index in [1.165, 1.54) is 19.3 Å². The van der Waals surface area contributed by atoms with E-state index >= 15 is 0 Å². The van der Waals surface area contributed by atoms with Crippen LogP contribution < -0.4 is 5.32 Å². The topological polar surface area (TPSA) is 71.5 Å². The molecule has 4 atom stereocenters. The SMILES string of the molecule is C/C(=C\c1csc(C)n1)[C@@H]1C/C=C/CCCCC(C)(C)C[C@@H]2CC=C[C@@H](C[C@@H](O)CC(=O)N1)O2. The van der Waals surface area contributed by atoms with Gasteiger partial charge >= 0.3 is 0 Å². The van der Waals surface area contributed by atoms with E-state index in [2.05, 4.69) is 42.4 Å². The highest BCUT2D eigenvalue weighted by Gasteiger charge is 2.28. The van der Waals surface area contributed by atoms with Crippen molar-refractivity contribution in [3.8, 4) is 0 Å². The molecule has 2 aliphatic rings. The summed E-state index contributed by atoms with van der Waals surface area (Å²) >= 11 is 1.62. The molecule has 0 saturated heterocycles. The van der Waals surface area contributed by atoms with Crippen LogP contribution in [0.25, 0.3) is 6.08 Å². The van der Waals surface area contributed by atoms with E-state index < -0.39 is 6.10 Å². The summed E-state index contributed by atoms with van der Waals surface area (Å²) in [7, 11) is 0. The molecule has 5 nitrogen and oxygen atoms in total. The third kappa shape index (κ3) is 9.12. The summed E-state index contributed by atoms with van der Waals surface area (Å²) in [6, 6.07) is -0.119. The van der Waals surface area contributed by atoms with Gasteiger partial charge in [-0.15, -0.1) is 11.3 Å². The van der Waals surface area contributed by atoms with Crippen molar-refractivity contribution in [3.05, 3.63) is 46.0 Å². The van der Waals surface area contributed by atoms with Crippen molar-refractivity contribution in [1.82, 2.24) is 10.3 Å². The Labute approximate surface area is 209 Å². The van der Waals surface area contributed by atoms with Gasteiger partial charge in [-0.25, -0.2) is 4.98 Å². The third-order valence-electron chi connectivity index (χ3n) is 6.73. The summed E-state index contributed by atoms with van der Waals surface area (Å²) in [6.07, 6.45) is 17.8. The van der Waals surface area contributed by atoms with Gasteiger partial charge < -0.3 is 15.2 Å². The number of nitrogens with one attached hydrogen (secondary N) is 1. The Morgan fingerprint density at radius 3 is 2.85 bits per heavy atom. The lowest BCUT2D eigenvalue weighted by atomic mass is 9.80. The van der Waals surface area contributed by atoms with Gasteiger partial charge in [0.15, 0.2) is 0 Å². The van der Waals surface area contributed by atoms with Crippen LogP contribution in [0.2, 0.25) is 0 Å². The molecule has 0 radical (unpaired) electrons. The number of fused-ring (bicyclic) bond motifs is 2. The Morgan fingerprint density at radius 1 is 1.26 bits per heavy atom. The van der Waals surface area contributed by atoms with Crippen LogP contribution in [0.5, 0.6) is 0 Å². The van der Waals surface area contributed by atoms with Gasteiger partial charge in [-0.2, -0.15) is 0 Å². The summed E-state index contributed by atoms with van der Waals surface area (Å²) in [5.74, 6) is -0.133. The van der Waals surface area contributed by atoms with Gasteiger partial charge in [0.1, 0.15) is 0 Å². The number of allylic oxidation sites excluding steroid dienone is 1. The summed E-state index contributed by atoms with van der Waals surface area (Å²) in [6.45, 7) is 8.70. The van der Waals surface area contributed by atoms with Crippen molar-refractivity contribution in [2.75, 3.05) is 0 Å². The average Bonchev–Trinajstić information content (AvgIpc) is 3.15. The monoisotopic (exact) mass is 486 g/mol. The number of carbonyl (C=O) groups excluding carboxylic acids is 1. The predicted octanol–water partition coefficient (Wildman–Crippen LogP) is 6.13. The number of nitrogens with zero attached hydrogens (tertiary/aromatic N) is 1. The van der Waals surface area contributed by atoms with E-state index in [1.54, 1.807) is 11.3 Å². The molecule has 0 aliphatic carbocycles. The highest BCUT2D eigenvalue weighted by molar-refractivity contribution is 7.09. The van der Waals surface area contributed by atoms with Crippen molar-refractivity contribution in [1.29, 1.82) is 0 Å². The van der Waals surface area contributed by atoms with E-state index in [4.69, 9.17) is 4.74 Å². The normalized spacial score (nSPS) is 30.7. The van der Waals surface area contributed by atoms with Gasteiger partial charge in [0.2, 0.25) is 5.91 Å². The molecule has 1 aromatic heterocycles. The quantitative estimate of drug-likeness (QED) is 0.493. The van der Waals surface area contributed by atoms with E-state index in [9.17, 15) is 9.90 Å². The minimum Gasteiger partial charge on any atom is -0.392 e. The van der Waals surface area contributed by atoms with Gasteiger partial charge in [0.05, 0.1) is 41.5 Å². The first-order chi connectivity index (χ1) is 16.2. The van der Waals surface area contributed by atoms with Crippen LogP contribution in [0, 0.1) is 12.3 Å². The maximum absolute atomic E-state index is 12.8. The number of rotatable bonds is 2. The Balaban J connectivity index is 1.71. The lowest BCUT2D eigenvalue weighted by molar-refractivity contribution is -0.124. The Morgan fingerprint density at radius 2 is 2.09 bits per heavy atom. The highest BCUT2D eigenvalue weighted by atomic mass is 32.1. The second kappa shape index (κ2) is 12.8. The van der Waals surface area contributed by atoms with E-state index in [0.29, 0.717) is 6.42 Å². The largest absolute Gasteiger partial charge is 0.392 e. The molecule has 1 amide bonds. The fourth-order valence-corrected chi connectivity index (χ4v) is 5.46. The first kappa shape index (κ1) is 26.8. The number of aromatic nitrogens is 1. The number of aliphatic hydroxyl groups is 1. The number of ether oxygens (including phenoxy) is 1. The van der Waals surface area contributed by atoms with Gasteiger partial charge in [-0.05, 0) is 69.4 Å². The number of amides is 1. The van der Waals surface area contributed by atoms with E-state index in [1.807, 2.05) is 31.4 Å². The molecular weight excluding hydrogens is 444 g/mol. The molecule has 0 saturated carbocycles. The molecule has 0 aromatic carbocycles. The van der Waals surface area contributed by atoms with Crippen molar-refractivity contribution < 1.29 is 14.6 Å². The minimum atomic E-state index is -0.734. The minimum absolute atomic E-state index is 0.0766. The number of hydrogen-bond acceptors (Lipinski definition) is 5. The highest BCUT2D eigenvalue weighted by Crippen LogP contribution is 2.33. The number of aryl methyl sites for hydroxylation is 1. The molecule has 2 aliphatic heterocycles. The summed E-state index contributed by atoms with van der Waals surface area (Å²) in [4.78, 5) is 17.4. The first-order valence-electron chi connectivity index (χ1n) is 12.7. The van der Waals surface area contributed by atoms with Crippen molar-refractivity contribution >= 4 is 23.3 Å². The summed E-state index contributed by atoms with van der Waals surface area (Å²) < 4.78 is 6.30. The summed E-state index contributed by atoms with van der Waals surface area (Å²) in [5, 5.41) is 16.8. The Hall–Kier alpha value is -1.76. The molecule has 34 heavy (non-hydrogen) atoms. The van der Waals surface area contributed by atoms with Crippen LogP contribution in [0.3, 0.4) is 0 Å². The molecule has 3 heterocycles. The fraction of sp³-hybridized carbons (Fsp3) is 0.643. The van der Waals surface area contributed by atoms with Crippen LogP contribution in [-0.4, -0.2) is 40.4 Å². The maximum Gasteiger partial charge on any atom is 0.223 e. The van der Waals surface area contributed by atoms with Crippen molar-refractivity contribution in [3.63, 3.8) is 0 Å². The Kier molecular flexibility index (Phi) is 10.1. The molecule has 0 fully saturated rings. The third-order valence-corrected chi connectivity index (χ3v) is 7.52.